The molecule has 1 saturated heterocycles. The lowest BCUT2D eigenvalue weighted by molar-refractivity contribution is -0.000618. The zero-order chi connectivity index (χ0) is 11.2. The topological polar surface area (TPSA) is 47.3 Å². The Labute approximate surface area is 98.4 Å². The fourth-order valence-corrected chi connectivity index (χ4v) is 2.80. The number of hydrogen-bond donors (Lipinski definition) is 2. The van der Waals surface area contributed by atoms with Gasteiger partial charge in [0.1, 0.15) is 0 Å². The summed E-state index contributed by atoms with van der Waals surface area (Å²) in [6.45, 7) is 0.899. The van der Waals surface area contributed by atoms with Crippen molar-refractivity contribution >= 4 is 0 Å². The first kappa shape index (κ1) is 12.1. The van der Waals surface area contributed by atoms with Crippen molar-refractivity contribution in [2.75, 3.05) is 6.61 Å². The summed E-state index contributed by atoms with van der Waals surface area (Å²) in [6.07, 6.45) is 12.7. The van der Waals surface area contributed by atoms with Gasteiger partial charge in [-0.1, -0.05) is 18.1 Å². The van der Waals surface area contributed by atoms with E-state index in [9.17, 15) is 0 Å². The number of allylic oxidation sites excluding steroid dienone is 1. The van der Waals surface area contributed by atoms with Gasteiger partial charge in [-0.15, -0.1) is 0 Å². The van der Waals surface area contributed by atoms with Gasteiger partial charge in [0, 0.05) is 6.61 Å². The maximum Gasteiger partial charge on any atom is 0.0779 e. The Morgan fingerprint density at radius 2 is 2.19 bits per heavy atom. The molecule has 0 radical (unpaired) electrons. The van der Waals surface area contributed by atoms with Gasteiger partial charge in [0.15, 0.2) is 0 Å². The lowest BCUT2D eigenvalue weighted by Gasteiger charge is -2.31. The Bertz CT molecular complexity index is 234. The van der Waals surface area contributed by atoms with E-state index in [1.807, 2.05) is 0 Å². The van der Waals surface area contributed by atoms with Gasteiger partial charge in [0.25, 0.3) is 0 Å². The molecule has 0 saturated carbocycles. The Morgan fingerprint density at radius 1 is 1.25 bits per heavy atom. The van der Waals surface area contributed by atoms with E-state index in [0.717, 1.165) is 13.0 Å². The van der Waals surface area contributed by atoms with Crippen LogP contribution in [-0.4, -0.2) is 18.8 Å². The normalized spacial score (nSPS) is 29.3. The Balaban J connectivity index is 1.98. The zero-order valence-electron chi connectivity index (χ0n) is 10.1. The summed E-state index contributed by atoms with van der Waals surface area (Å²) in [5.74, 6) is 5.71. The molecule has 3 heteroatoms. The summed E-state index contributed by atoms with van der Waals surface area (Å²) < 4.78 is 5.84. The third kappa shape index (κ3) is 3.06. The molecule has 0 aromatic rings. The third-order valence-electron chi connectivity index (χ3n) is 3.74. The zero-order valence-corrected chi connectivity index (χ0v) is 10.1. The highest BCUT2D eigenvalue weighted by molar-refractivity contribution is 5.14. The van der Waals surface area contributed by atoms with E-state index in [2.05, 4.69) is 11.5 Å². The summed E-state index contributed by atoms with van der Waals surface area (Å²) in [5, 5.41) is 0. The van der Waals surface area contributed by atoms with Crippen molar-refractivity contribution in [3.05, 3.63) is 11.6 Å². The molecule has 2 aliphatic rings. The molecule has 3 N–H and O–H groups in total. The average Bonchev–Trinajstić information content (AvgIpc) is 2.61. The SMILES string of the molecule is NNC(C1=CCCCCC1)C1CCCCO1. The van der Waals surface area contributed by atoms with Crippen molar-refractivity contribution in [2.24, 2.45) is 5.84 Å². The Morgan fingerprint density at radius 3 is 2.94 bits per heavy atom. The van der Waals surface area contributed by atoms with Gasteiger partial charge in [-0.05, 0) is 44.9 Å². The van der Waals surface area contributed by atoms with Crippen LogP contribution in [0, 0.1) is 0 Å². The predicted octanol–water partition coefficient (Wildman–Crippen LogP) is 2.28. The Kier molecular flexibility index (Phi) is 4.82. The average molecular weight is 224 g/mol. The molecule has 1 heterocycles. The van der Waals surface area contributed by atoms with Crippen LogP contribution >= 0.6 is 0 Å². The molecule has 16 heavy (non-hydrogen) atoms. The van der Waals surface area contributed by atoms with E-state index < -0.39 is 0 Å². The van der Waals surface area contributed by atoms with Crippen molar-refractivity contribution in [3.63, 3.8) is 0 Å². The van der Waals surface area contributed by atoms with Crippen LogP contribution in [0.2, 0.25) is 0 Å². The van der Waals surface area contributed by atoms with E-state index in [4.69, 9.17) is 10.6 Å². The number of ether oxygens (including phenoxy) is 1. The van der Waals surface area contributed by atoms with Gasteiger partial charge in [-0.3, -0.25) is 11.3 Å². The molecule has 0 amide bonds. The molecule has 92 valence electrons. The fourth-order valence-electron chi connectivity index (χ4n) is 2.80. The standard InChI is InChI=1S/C13H24N2O/c14-15-13(12-9-5-6-10-16-12)11-7-3-1-2-4-8-11/h7,12-13,15H,1-6,8-10,14H2. The van der Waals surface area contributed by atoms with Gasteiger partial charge in [-0.25, -0.2) is 0 Å². The number of rotatable bonds is 3. The first-order valence-electron chi connectivity index (χ1n) is 6.68. The van der Waals surface area contributed by atoms with Gasteiger partial charge in [-0.2, -0.15) is 0 Å². The highest BCUT2D eigenvalue weighted by Gasteiger charge is 2.26. The van der Waals surface area contributed by atoms with E-state index >= 15 is 0 Å². The van der Waals surface area contributed by atoms with Gasteiger partial charge in [0.2, 0.25) is 0 Å². The maximum atomic E-state index is 5.84. The molecular weight excluding hydrogens is 200 g/mol. The monoisotopic (exact) mass is 224 g/mol. The second-order valence-electron chi connectivity index (χ2n) is 4.93. The molecule has 2 atom stereocenters. The van der Waals surface area contributed by atoms with Crippen molar-refractivity contribution in [1.29, 1.82) is 0 Å². The minimum atomic E-state index is 0.249. The number of hydrazine groups is 1. The second-order valence-corrected chi connectivity index (χ2v) is 4.93. The van der Waals surface area contributed by atoms with Crippen molar-refractivity contribution in [2.45, 2.75) is 63.5 Å². The summed E-state index contributed by atoms with van der Waals surface area (Å²) >= 11 is 0. The maximum absolute atomic E-state index is 5.84. The summed E-state index contributed by atoms with van der Waals surface area (Å²) in [6, 6.07) is 0.249. The van der Waals surface area contributed by atoms with Crippen molar-refractivity contribution in [1.82, 2.24) is 5.43 Å². The lowest BCUT2D eigenvalue weighted by Crippen LogP contribution is -2.47. The van der Waals surface area contributed by atoms with E-state index in [-0.39, 0.29) is 6.04 Å². The minimum absolute atomic E-state index is 0.249. The minimum Gasteiger partial charge on any atom is -0.376 e. The Hall–Kier alpha value is -0.380. The van der Waals surface area contributed by atoms with Crippen molar-refractivity contribution < 1.29 is 4.74 Å². The molecule has 2 unspecified atom stereocenters. The smallest absolute Gasteiger partial charge is 0.0779 e. The quantitative estimate of drug-likeness (QED) is 0.439. The molecule has 0 bridgehead atoms. The molecule has 2 rings (SSSR count). The lowest BCUT2D eigenvalue weighted by atomic mass is 9.93. The van der Waals surface area contributed by atoms with E-state index in [0.29, 0.717) is 6.10 Å². The molecule has 3 nitrogen and oxygen atoms in total. The second kappa shape index (κ2) is 6.38. The van der Waals surface area contributed by atoms with E-state index in [1.165, 1.54) is 50.5 Å². The summed E-state index contributed by atoms with van der Waals surface area (Å²) in [4.78, 5) is 0. The summed E-state index contributed by atoms with van der Waals surface area (Å²) in [7, 11) is 0. The molecule has 0 aromatic carbocycles. The molecule has 1 fully saturated rings. The van der Waals surface area contributed by atoms with Crippen LogP contribution < -0.4 is 11.3 Å². The van der Waals surface area contributed by atoms with Crippen LogP contribution in [0.3, 0.4) is 0 Å². The third-order valence-corrected chi connectivity index (χ3v) is 3.74. The predicted molar refractivity (Wildman–Crippen MR) is 65.9 cm³/mol. The van der Waals surface area contributed by atoms with E-state index in [1.54, 1.807) is 0 Å². The van der Waals surface area contributed by atoms with Crippen LogP contribution in [-0.2, 0) is 4.74 Å². The molecule has 0 aromatic heterocycles. The molecule has 1 aliphatic heterocycles. The molecule has 0 spiro atoms. The van der Waals surface area contributed by atoms with Crippen LogP contribution in [0.25, 0.3) is 0 Å². The molecular formula is C13H24N2O. The number of nitrogens with one attached hydrogen (secondary N) is 1. The largest absolute Gasteiger partial charge is 0.376 e. The number of nitrogens with two attached hydrogens (primary N) is 1. The van der Waals surface area contributed by atoms with Crippen LogP contribution in [0.15, 0.2) is 11.6 Å². The first-order valence-corrected chi connectivity index (χ1v) is 6.68. The first-order chi connectivity index (χ1) is 7.92. The van der Waals surface area contributed by atoms with Gasteiger partial charge >= 0.3 is 0 Å². The van der Waals surface area contributed by atoms with Crippen LogP contribution in [0.5, 0.6) is 0 Å². The highest BCUT2D eigenvalue weighted by atomic mass is 16.5. The molecule has 1 aliphatic carbocycles. The number of hydrogen-bond acceptors (Lipinski definition) is 3. The highest BCUT2D eigenvalue weighted by Crippen LogP contribution is 2.25. The summed E-state index contributed by atoms with van der Waals surface area (Å²) in [5.41, 5.74) is 4.45. The van der Waals surface area contributed by atoms with Crippen LogP contribution in [0.4, 0.5) is 0 Å². The van der Waals surface area contributed by atoms with Crippen LogP contribution in [0.1, 0.15) is 51.4 Å². The van der Waals surface area contributed by atoms with Gasteiger partial charge < -0.3 is 4.74 Å². The fraction of sp³-hybridized carbons (Fsp3) is 0.846. The van der Waals surface area contributed by atoms with Crippen molar-refractivity contribution in [3.8, 4) is 0 Å². The van der Waals surface area contributed by atoms with Gasteiger partial charge in [0.05, 0.1) is 12.1 Å².